The molecule has 5 heteroatoms. The molecule has 3 N–H and O–H groups in total. The maximum Gasteiger partial charge on any atom is 0.241 e. The zero-order chi connectivity index (χ0) is 15.9. The molecule has 0 heterocycles. The molecule has 0 aliphatic rings. The second-order valence-electron chi connectivity index (χ2n) is 5.12. The van der Waals surface area contributed by atoms with Crippen molar-refractivity contribution in [3.8, 4) is 0 Å². The van der Waals surface area contributed by atoms with Crippen LogP contribution in [0.25, 0.3) is 0 Å². The highest BCUT2D eigenvalue weighted by molar-refractivity contribution is 7.99. The Hall–Kier alpha value is -1.49. The lowest BCUT2D eigenvalue weighted by molar-refractivity contribution is -0.123. The molecule has 2 atom stereocenters. The van der Waals surface area contributed by atoms with E-state index in [0.29, 0.717) is 0 Å². The lowest BCUT2D eigenvalue weighted by Crippen LogP contribution is -2.35. The van der Waals surface area contributed by atoms with E-state index in [4.69, 9.17) is 5.73 Å². The molecule has 2 rings (SSSR count). The van der Waals surface area contributed by atoms with Crippen molar-refractivity contribution in [1.29, 1.82) is 0 Å². The van der Waals surface area contributed by atoms with Crippen molar-refractivity contribution in [3.05, 3.63) is 65.7 Å². The van der Waals surface area contributed by atoms with Crippen LogP contribution in [0.3, 0.4) is 0 Å². The van der Waals surface area contributed by atoms with Crippen LogP contribution < -0.4 is 11.1 Å². The Morgan fingerprint density at radius 2 is 1.70 bits per heavy atom. The van der Waals surface area contributed by atoms with Gasteiger partial charge in [-0.25, -0.2) is 0 Å². The van der Waals surface area contributed by atoms with Crippen molar-refractivity contribution in [3.63, 3.8) is 0 Å². The first-order valence-corrected chi connectivity index (χ1v) is 8.44. The van der Waals surface area contributed by atoms with E-state index in [9.17, 15) is 4.79 Å². The number of hydrogen-bond donors (Lipinski definition) is 2. The Morgan fingerprint density at radius 3 is 2.26 bits per heavy atom. The highest BCUT2D eigenvalue weighted by Crippen LogP contribution is 2.21. The molecule has 0 aromatic heterocycles. The Balaban J connectivity index is 0.00000264. The van der Waals surface area contributed by atoms with E-state index >= 15 is 0 Å². The highest BCUT2D eigenvalue weighted by atomic mass is 35.5. The molecule has 0 aliphatic carbocycles. The van der Waals surface area contributed by atoms with Crippen LogP contribution in [0.1, 0.15) is 37.1 Å². The molecule has 0 radical (unpaired) electrons. The van der Waals surface area contributed by atoms with Crippen LogP contribution in [0.4, 0.5) is 0 Å². The van der Waals surface area contributed by atoms with E-state index in [2.05, 4.69) is 36.5 Å². The first-order chi connectivity index (χ1) is 10.6. The van der Waals surface area contributed by atoms with Crippen LogP contribution in [0.5, 0.6) is 0 Å². The van der Waals surface area contributed by atoms with Crippen molar-refractivity contribution in [2.45, 2.75) is 30.8 Å². The molecule has 0 fully saturated rings. The summed E-state index contributed by atoms with van der Waals surface area (Å²) >= 11 is 1.80. The lowest BCUT2D eigenvalue weighted by Gasteiger charge is -2.18. The molecule has 2 unspecified atom stereocenters. The van der Waals surface area contributed by atoms with Gasteiger partial charge < -0.3 is 11.1 Å². The molecule has 3 nitrogen and oxygen atoms in total. The van der Waals surface area contributed by atoms with Crippen molar-refractivity contribution >= 4 is 30.1 Å². The summed E-state index contributed by atoms with van der Waals surface area (Å²) in [4.78, 5) is 13.5. The number of nitrogens with two attached hydrogens (primary N) is 1. The van der Waals surface area contributed by atoms with Crippen LogP contribution in [-0.4, -0.2) is 11.7 Å². The Morgan fingerprint density at radius 1 is 1.09 bits per heavy atom. The molecule has 2 aromatic rings. The SMILES string of the molecule is CCSc1ccc(C(C)NC(=O)C(N)c2ccccc2)cc1.Cl. The summed E-state index contributed by atoms with van der Waals surface area (Å²) in [5.74, 6) is 0.892. The van der Waals surface area contributed by atoms with E-state index in [1.54, 1.807) is 11.8 Å². The summed E-state index contributed by atoms with van der Waals surface area (Å²) in [7, 11) is 0. The number of halogens is 1. The monoisotopic (exact) mass is 350 g/mol. The second-order valence-corrected chi connectivity index (χ2v) is 6.46. The predicted molar refractivity (Wildman–Crippen MR) is 100 cm³/mol. The van der Waals surface area contributed by atoms with Crippen molar-refractivity contribution in [1.82, 2.24) is 5.32 Å². The van der Waals surface area contributed by atoms with E-state index in [1.165, 1.54) is 4.90 Å². The molecular weight excluding hydrogens is 328 g/mol. The number of carbonyl (C=O) groups excluding carboxylic acids is 1. The first-order valence-electron chi connectivity index (χ1n) is 7.45. The smallest absolute Gasteiger partial charge is 0.241 e. The zero-order valence-electron chi connectivity index (χ0n) is 13.4. The van der Waals surface area contributed by atoms with Gasteiger partial charge in [0.05, 0.1) is 6.04 Å². The summed E-state index contributed by atoms with van der Waals surface area (Å²) < 4.78 is 0. The molecule has 0 aliphatic heterocycles. The number of carbonyl (C=O) groups is 1. The third kappa shape index (κ3) is 5.57. The number of hydrogen-bond acceptors (Lipinski definition) is 3. The van der Waals surface area contributed by atoms with Crippen molar-refractivity contribution < 1.29 is 4.79 Å². The normalized spacial score (nSPS) is 12.8. The highest BCUT2D eigenvalue weighted by Gasteiger charge is 2.18. The minimum Gasteiger partial charge on any atom is -0.348 e. The predicted octanol–water partition coefficient (Wildman–Crippen LogP) is 4.10. The number of nitrogens with one attached hydrogen (secondary N) is 1. The zero-order valence-corrected chi connectivity index (χ0v) is 15.0. The van der Waals surface area contributed by atoms with Gasteiger partial charge in [0.2, 0.25) is 5.91 Å². The molecule has 1 amide bonds. The van der Waals surface area contributed by atoms with Gasteiger partial charge in [0, 0.05) is 4.90 Å². The average molecular weight is 351 g/mol. The molecule has 2 aromatic carbocycles. The van der Waals surface area contributed by atoms with Crippen LogP contribution in [0.15, 0.2) is 59.5 Å². The van der Waals surface area contributed by atoms with Crippen molar-refractivity contribution in [2.75, 3.05) is 5.75 Å². The molecular formula is C18H23ClN2OS. The van der Waals surface area contributed by atoms with Gasteiger partial charge in [-0.3, -0.25) is 4.79 Å². The Bertz CT molecular complexity index is 604. The number of benzene rings is 2. The molecule has 0 saturated carbocycles. The fourth-order valence-corrected chi connectivity index (χ4v) is 2.88. The van der Waals surface area contributed by atoms with E-state index in [0.717, 1.165) is 16.9 Å². The van der Waals surface area contributed by atoms with Crippen molar-refractivity contribution in [2.24, 2.45) is 5.73 Å². The molecule has 124 valence electrons. The summed E-state index contributed by atoms with van der Waals surface area (Å²) in [6.45, 7) is 4.10. The third-order valence-electron chi connectivity index (χ3n) is 3.49. The van der Waals surface area contributed by atoms with Crippen LogP contribution >= 0.6 is 24.2 Å². The van der Waals surface area contributed by atoms with Gasteiger partial charge in [-0.15, -0.1) is 24.2 Å². The molecule has 23 heavy (non-hydrogen) atoms. The minimum atomic E-state index is -0.640. The number of amides is 1. The largest absolute Gasteiger partial charge is 0.348 e. The molecule has 0 bridgehead atoms. The average Bonchev–Trinajstić information content (AvgIpc) is 2.55. The third-order valence-corrected chi connectivity index (χ3v) is 4.39. The van der Waals surface area contributed by atoms with E-state index < -0.39 is 6.04 Å². The topological polar surface area (TPSA) is 55.1 Å². The van der Waals surface area contributed by atoms with Gasteiger partial charge >= 0.3 is 0 Å². The first kappa shape index (κ1) is 19.6. The molecule has 0 saturated heterocycles. The quantitative estimate of drug-likeness (QED) is 0.771. The fourth-order valence-electron chi connectivity index (χ4n) is 2.22. The fraction of sp³-hybridized carbons (Fsp3) is 0.278. The van der Waals surface area contributed by atoms with E-state index in [1.807, 2.05) is 37.3 Å². The maximum absolute atomic E-state index is 12.3. The number of thioether (sulfide) groups is 1. The minimum absolute atomic E-state index is 0. The maximum atomic E-state index is 12.3. The van der Waals surface area contributed by atoms with Gasteiger partial charge in [0.25, 0.3) is 0 Å². The Labute approximate surface area is 148 Å². The summed E-state index contributed by atoms with van der Waals surface area (Å²) in [6, 6.07) is 17.0. The van der Waals surface area contributed by atoms with Crippen LogP contribution in [0.2, 0.25) is 0 Å². The lowest BCUT2D eigenvalue weighted by atomic mass is 10.1. The second kappa shape index (κ2) is 9.60. The Kier molecular flexibility index (Phi) is 8.17. The molecule has 0 spiro atoms. The van der Waals surface area contributed by atoms with Gasteiger partial charge in [-0.05, 0) is 35.9 Å². The van der Waals surface area contributed by atoms with Gasteiger partial charge in [0.15, 0.2) is 0 Å². The van der Waals surface area contributed by atoms with Crippen LogP contribution in [0, 0.1) is 0 Å². The van der Waals surface area contributed by atoms with Crippen LogP contribution in [-0.2, 0) is 4.79 Å². The standard InChI is InChI=1S/C18H22N2OS.ClH/c1-3-22-16-11-9-14(10-12-16)13(2)20-18(21)17(19)15-7-5-4-6-8-15;/h4-13,17H,3,19H2,1-2H3,(H,20,21);1H. The summed E-state index contributed by atoms with van der Waals surface area (Å²) in [5.41, 5.74) is 7.91. The van der Waals surface area contributed by atoms with E-state index in [-0.39, 0.29) is 24.4 Å². The number of rotatable bonds is 6. The van der Waals surface area contributed by atoms with Gasteiger partial charge in [-0.1, -0.05) is 49.4 Å². The summed E-state index contributed by atoms with van der Waals surface area (Å²) in [6.07, 6.45) is 0. The van der Waals surface area contributed by atoms with Gasteiger partial charge in [-0.2, -0.15) is 0 Å². The summed E-state index contributed by atoms with van der Waals surface area (Å²) in [5, 5.41) is 2.98. The van der Waals surface area contributed by atoms with Gasteiger partial charge in [0.1, 0.15) is 6.04 Å².